The summed E-state index contributed by atoms with van der Waals surface area (Å²) in [6, 6.07) is 6.43. The van der Waals surface area contributed by atoms with E-state index in [1.54, 1.807) is 0 Å². The number of carbonyl (C=O) groups is 1. The summed E-state index contributed by atoms with van der Waals surface area (Å²) in [4.78, 5) is 14.7. The van der Waals surface area contributed by atoms with E-state index in [2.05, 4.69) is 35.3 Å². The van der Waals surface area contributed by atoms with Crippen LogP contribution in [0.1, 0.15) is 63.4 Å². The fourth-order valence-electron chi connectivity index (χ4n) is 3.98. The largest absolute Gasteiger partial charge is 0.372 e. The molecule has 1 amide bonds. The van der Waals surface area contributed by atoms with Gasteiger partial charge >= 0.3 is 0 Å². The SMILES string of the molecule is Cc1cc(N2CCCC2)ccc1NC(=O)CCC1CCCCC1. The number of rotatable bonds is 5. The quantitative estimate of drug-likeness (QED) is 0.839. The molecule has 2 aliphatic rings. The highest BCUT2D eigenvalue weighted by molar-refractivity contribution is 5.91. The van der Waals surface area contributed by atoms with Crippen LogP contribution in [0.3, 0.4) is 0 Å². The summed E-state index contributed by atoms with van der Waals surface area (Å²) in [5.41, 5.74) is 3.43. The average molecular weight is 314 g/mol. The molecular formula is C20H30N2O. The van der Waals surface area contributed by atoms with Crippen molar-refractivity contribution in [2.24, 2.45) is 5.92 Å². The van der Waals surface area contributed by atoms with Gasteiger partial charge in [-0.3, -0.25) is 4.79 Å². The Bertz CT molecular complexity index is 528. The van der Waals surface area contributed by atoms with Crippen LogP contribution in [0.2, 0.25) is 0 Å². The Balaban J connectivity index is 1.51. The number of hydrogen-bond donors (Lipinski definition) is 1. The van der Waals surface area contributed by atoms with Crippen molar-refractivity contribution in [3.05, 3.63) is 23.8 Å². The van der Waals surface area contributed by atoms with Crippen LogP contribution in [0, 0.1) is 12.8 Å². The van der Waals surface area contributed by atoms with E-state index in [0.29, 0.717) is 6.42 Å². The molecule has 1 aliphatic carbocycles. The van der Waals surface area contributed by atoms with Crippen LogP contribution in [0.25, 0.3) is 0 Å². The van der Waals surface area contributed by atoms with Gasteiger partial charge in [-0.1, -0.05) is 32.1 Å². The van der Waals surface area contributed by atoms with Gasteiger partial charge in [-0.05, 0) is 55.9 Å². The molecular weight excluding hydrogens is 284 g/mol. The number of benzene rings is 1. The van der Waals surface area contributed by atoms with Gasteiger partial charge in [0.15, 0.2) is 0 Å². The molecule has 0 spiro atoms. The monoisotopic (exact) mass is 314 g/mol. The lowest BCUT2D eigenvalue weighted by molar-refractivity contribution is -0.116. The lowest BCUT2D eigenvalue weighted by atomic mass is 9.86. The summed E-state index contributed by atoms with van der Waals surface area (Å²) in [5.74, 6) is 0.945. The smallest absolute Gasteiger partial charge is 0.224 e. The first kappa shape index (κ1) is 16.4. The predicted octanol–water partition coefficient (Wildman–Crippen LogP) is 4.89. The van der Waals surface area contributed by atoms with Crippen LogP contribution < -0.4 is 10.2 Å². The summed E-state index contributed by atoms with van der Waals surface area (Å²) in [5, 5.41) is 3.11. The number of carbonyl (C=O) groups excluding carboxylic acids is 1. The summed E-state index contributed by atoms with van der Waals surface area (Å²) in [7, 11) is 0. The van der Waals surface area contributed by atoms with Crippen LogP contribution in [-0.4, -0.2) is 19.0 Å². The van der Waals surface area contributed by atoms with E-state index in [1.807, 2.05) is 0 Å². The van der Waals surface area contributed by atoms with E-state index in [4.69, 9.17) is 0 Å². The molecule has 1 aromatic rings. The third-order valence-corrected chi connectivity index (χ3v) is 5.46. The van der Waals surface area contributed by atoms with Gasteiger partial charge in [0.2, 0.25) is 5.91 Å². The Labute approximate surface area is 140 Å². The second-order valence-corrected chi connectivity index (χ2v) is 7.28. The van der Waals surface area contributed by atoms with Gasteiger partial charge in [0.25, 0.3) is 0 Å². The van der Waals surface area contributed by atoms with Crippen LogP contribution in [0.4, 0.5) is 11.4 Å². The second kappa shape index (κ2) is 7.85. The minimum absolute atomic E-state index is 0.174. The molecule has 1 saturated carbocycles. The van der Waals surface area contributed by atoms with Crippen molar-refractivity contribution < 1.29 is 4.79 Å². The van der Waals surface area contributed by atoms with Crippen molar-refractivity contribution in [3.8, 4) is 0 Å². The Morgan fingerprint density at radius 3 is 2.57 bits per heavy atom. The minimum atomic E-state index is 0.174. The number of amides is 1. The van der Waals surface area contributed by atoms with Gasteiger partial charge < -0.3 is 10.2 Å². The topological polar surface area (TPSA) is 32.3 Å². The third kappa shape index (κ3) is 4.49. The van der Waals surface area contributed by atoms with Crippen molar-refractivity contribution in [1.29, 1.82) is 0 Å². The lowest BCUT2D eigenvalue weighted by Gasteiger charge is -2.21. The third-order valence-electron chi connectivity index (χ3n) is 5.46. The van der Waals surface area contributed by atoms with Gasteiger partial charge in [0, 0.05) is 30.9 Å². The molecule has 1 N–H and O–H groups in total. The van der Waals surface area contributed by atoms with E-state index in [0.717, 1.165) is 31.1 Å². The summed E-state index contributed by atoms with van der Waals surface area (Å²) < 4.78 is 0. The van der Waals surface area contributed by atoms with Crippen molar-refractivity contribution in [3.63, 3.8) is 0 Å². The summed E-state index contributed by atoms with van der Waals surface area (Å²) in [6.45, 7) is 4.41. The zero-order chi connectivity index (χ0) is 16.1. The molecule has 0 unspecified atom stereocenters. The molecule has 126 valence electrons. The van der Waals surface area contributed by atoms with Crippen molar-refractivity contribution in [1.82, 2.24) is 0 Å². The number of hydrogen-bond acceptors (Lipinski definition) is 2. The Morgan fingerprint density at radius 1 is 1.13 bits per heavy atom. The first-order chi connectivity index (χ1) is 11.2. The molecule has 1 aliphatic heterocycles. The van der Waals surface area contributed by atoms with Crippen LogP contribution in [0.15, 0.2) is 18.2 Å². The molecule has 1 saturated heterocycles. The van der Waals surface area contributed by atoms with E-state index in [9.17, 15) is 4.79 Å². The molecule has 3 nitrogen and oxygen atoms in total. The molecule has 0 aromatic heterocycles. The molecule has 3 heteroatoms. The van der Waals surface area contributed by atoms with E-state index >= 15 is 0 Å². The fourth-order valence-corrected chi connectivity index (χ4v) is 3.98. The van der Waals surface area contributed by atoms with Crippen LogP contribution in [0.5, 0.6) is 0 Å². The van der Waals surface area contributed by atoms with Crippen molar-refractivity contribution in [2.45, 2.75) is 64.7 Å². The van der Waals surface area contributed by atoms with E-state index in [-0.39, 0.29) is 5.91 Å². The van der Waals surface area contributed by atoms with Crippen LogP contribution in [-0.2, 0) is 4.79 Å². The van der Waals surface area contributed by atoms with Gasteiger partial charge in [0.1, 0.15) is 0 Å². The van der Waals surface area contributed by atoms with Gasteiger partial charge in [0.05, 0.1) is 0 Å². The average Bonchev–Trinajstić information content (AvgIpc) is 3.10. The molecule has 0 bridgehead atoms. The van der Waals surface area contributed by atoms with E-state index in [1.165, 1.54) is 56.2 Å². The van der Waals surface area contributed by atoms with Gasteiger partial charge in [-0.2, -0.15) is 0 Å². The van der Waals surface area contributed by atoms with E-state index < -0.39 is 0 Å². The van der Waals surface area contributed by atoms with Gasteiger partial charge in [-0.15, -0.1) is 0 Å². The standard InChI is InChI=1S/C20H30N2O/c1-16-15-18(22-13-5-6-14-22)10-11-19(16)21-20(23)12-9-17-7-3-2-4-8-17/h10-11,15,17H,2-9,12-14H2,1H3,(H,21,23). The summed E-state index contributed by atoms with van der Waals surface area (Å²) in [6.07, 6.45) is 11.0. The zero-order valence-corrected chi connectivity index (χ0v) is 14.4. The number of nitrogens with zero attached hydrogens (tertiary/aromatic N) is 1. The Kier molecular flexibility index (Phi) is 5.58. The maximum absolute atomic E-state index is 12.2. The molecule has 3 rings (SSSR count). The number of anilines is 2. The molecule has 0 atom stereocenters. The maximum atomic E-state index is 12.2. The van der Waals surface area contributed by atoms with Crippen LogP contribution >= 0.6 is 0 Å². The fraction of sp³-hybridized carbons (Fsp3) is 0.650. The van der Waals surface area contributed by atoms with Crippen molar-refractivity contribution in [2.75, 3.05) is 23.3 Å². The highest BCUT2D eigenvalue weighted by Gasteiger charge is 2.16. The maximum Gasteiger partial charge on any atom is 0.224 e. The normalized spacial score (nSPS) is 19.1. The summed E-state index contributed by atoms with van der Waals surface area (Å²) >= 11 is 0. The molecule has 23 heavy (non-hydrogen) atoms. The number of aryl methyl sites for hydroxylation is 1. The second-order valence-electron chi connectivity index (χ2n) is 7.28. The highest BCUT2D eigenvalue weighted by atomic mass is 16.1. The Hall–Kier alpha value is -1.51. The first-order valence-corrected chi connectivity index (χ1v) is 9.38. The molecule has 2 fully saturated rings. The zero-order valence-electron chi connectivity index (χ0n) is 14.4. The highest BCUT2D eigenvalue weighted by Crippen LogP contribution is 2.28. The first-order valence-electron chi connectivity index (χ1n) is 9.38. The molecule has 1 heterocycles. The molecule has 0 radical (unpaired) electrons. The number of nitrogens with one attached hydrogen (secondary N) is 1. The molecule has 1 aromatic carbocycles. The minimum Gasteiger partial charge on any atom is -0.372 e. The lowest BCUT2D eigenvalue weighted by Crippen LogP contribution is -2.18. The Morgan fingerprint density at radius 2 is 1.87 bits per heavy atom. The van der Waals surface area contributed by atoms with Gasteiger partial charge in [-0.25, -0.2) is 0 Å². The predicted molar refractivity (Wildman–Crippen MR) is 97.1 cm³/mol. The van der Waals surface area contributed by atoms with Crippen molar-refractivity contribution >= 4 is 17.3 Å².